The largest absolute Gasteiger partial charge is 0.456 e. The summed E-state index contributed by atoms with van der Waals surface area (Å²) in [4.78, 5) is 8.34. The van der Waals surface area contributed by atoms with Crippen molar-refractivity contribution in [3.05, 3.63) is 230 Å². The van der Waals surface area contributed by atoms with E-state index in [0.29, 0.717) is 0 Å². The van der Waals surface area contributed by atoms with Gasteiger partial charge in [0.1, 0.15) is 11.2 Å². The van der Waals surface area contributed by atoms with Crippen LogP contribution in [-0.2, 0) is 5.75 Å². The quantitative estimate of drug-likeness (QED) is 0.145. The second-order valence-corrected chi connectivity index (χ2v) is 15.9. The topological polar surface area (TPSA) is 22.9 Å². The molecule has 10 aromatic rings. The number of thioether (sulfide) groups is 1. The molecule has 286 valence electrons. The van der Waals surface area contributed by atoms with Gasteiger partial charge in [0.25, 0.3) is 0 Å². The molecule has 0 spiro atoms. The predicted molar refractivity (Wildman–Crippen MR) is 253 cm³/mol. The fraction of sp³-hybridized carbons (Fsp3) is 0.0182. The van der Waals surface area contributed by atoms with Crippen LogP contribution < -0.4 is 14.7 Å². The Kier molecular flexibility index (Phi) is 9.14. The molecule has 0 radical (unpaired) electrons. The molecule has 1 aliphatic heterocycles. The molecule has 0 saturated heterocycles. The number of hydrogen-bond donors (Lipinski definition) is 0. The molecule has 0 amide bonds. The molecule has 0 unspecified atom stereocenters. The SMILES string of the molecule is c1ccc(N(c2ccc3c(c2)-c2ccccc2CS3)c2cc(N(c3ccccc3)c3ccccc3)c3c(c2)oc2ccc(N(c4ccccc4)c4ccccc4)cc23)cc1. The molecule has 0 aliphatic carbocycles. The van der Waals surface area contributed by atoms with Crippen LogP contribution in [0, 0.1) is 0 Å². The maximum absolute atomic E-state index is 6.99. The minimum absolute atomic E-state index is 0.803. The summed E-state index contributed by atoms with van der Waals surface area (Å²) in [6.45, 7) is 0. The Labute approximate surface area is 354 Å². The highest BCUT2D eigenvalue weighted by atomic mass is 32.2. The molecule has 0 N–H and O–H groups in total. The first-order chi connectivity index (χ1) is 29.8. The summed E-state index contributed by atoms with van der Waals surface area (Å²) in [5.74, 6) is 0.974. The number of fused-ring (bicyclic) bond motifs is 6. The lowest BCUT2D eigenvalue weighted by Gasteiger charge is -2.31. The van der Waals surface area contributed by atoms with Gasteiger partial charge in [0, 0.05) is 61.9 Å². The molecule has 0 fully saturated rings. The lowest BCUT2D eigenvalue weighted by Crippen LogP contribution is -2.14. The Balaban J connectivity index is 1.18. The second-order valence-electron chi connectivity index (χ2n) is 14.9. The summed E-state index contributed by atoms with van der Waals surface area (Å²) in [5, 5.41) is 2.07. The van der Waals surface area contributed by atoms with E-state index in [9.17, 15) is 0 Å². The van der Waals surface area contributed by atoms with Gasteiger partial charge in [-0.2, -0.15) is 0 Å². The maximum atomic E-state index is 6.99. The molecule has 4 nitrogen and oxygen atoms in total. The Bertz CT molecular complexity index is 3020. The van der Waals surface area contributed by atoms with E-state index in [0.717, 1.165) is 78.9 Å². The average molecular weight is 790 g/mol. The highest BCUT2D eigenvalue weighted by molar-refractivity contribution is 7.98. The smallest absolute Gasteiger partial charge is 0.139 e. The van der Waals surface area contributed by atoms with Crippen LogP contribution in [0.25, 0.3) is 33.1 Å². The second kappa shape index (κ2) is 15.4. The lowest BCUT2D eigenvalue weighted by atomic mass is 9.99. The molecule has 5 heteroatoms. The van der Waals surface area contributed by atoms with Crippen molar-refractivity contribution in [2.75, 3.05) is 14.7 Å². The van der Waals surface area contributed by atoms with E-state index in [1.165, 1.54) is 21.6 Å². The first-order valence-electron chi connectivity index (χ1n) is 20.3. The van der Waals surface area contributed by atoms with Crippen molar-refractivity contribution in [2.45, 2.75) is 10.6 Å². The van der Waals surface area contributed by atoms with Crippen LogP contribution in [0.4, 0.5) is 51.2 Å². The highest BCUT2D eigenvalue weighted by Crippen LogP contribution is 2.50. The highest BCUT2D eigenvalue weighted by Gasteiger charge is 2.26. The maximum Gasteiger partial charge on any atom is 0.139 e. The van der Waals surface area contributed by atoms with Gasteiger partial charge >= 0.3 is 0 Å². The zero-order valence-corrected chi connectivity index (χ0v) is 33.5. The van der Waals surface area contributed by atoms with Crippen LogP contribution in [0.1, 0.15) is 5.56 Å². The Morgan fingerprint density at radius 2 is 0.833 bits per heavy atom. The first kappa shape index (κ1) is 35.7. The van der Waals surface area contributed by atoms with Crippen LogP contribution in [-0.4, -0.2) is 0 Å². The molecule has 9 aromatic carbocycles. The van der Waals surface area contributed by atoms with Gasteiger partial charge in [0.05, 0.1) is 16.8 Å². The van der Waals surface area contributed by atoms with Gasteiger partial charge in [-0.15, -0.1) is 11.8 Å². The molecule has 0 saturated carbocycles. The summed E-state index contributed by atoms with van der Waals surface area (Å²) >= 11 is 1.91. The van der Waals surface area contributed by atoms with E-state index in [-0.39, 0.29) is 0 Å². The van der Waals surface area contributed by atoms with Crippen LogP contribution >= 0.6 is 11.8 Å². The van der Waals surface area contributed by atoms with E-state index < -0.39 is 0 Å². The molecular weight excluding hydrogens is 751 g/mol. The zero-order chi connectivity index (χ0) is 39.8. The van der Waals surface area contributed by atoms with Crippen LogP contribution in [0.2, 0.25) is 0 Å². The number of para-hydroxylation sites is 5. The number of benzene rings is 9. The van der Waals surface area contributed by atoms with E-state index >= 15 is 0 Å². The van der Waals surface area contributed by atoms with Gasteiger partial charge in [0.15, 0.2) is 0 Å². The van der Waals surface area contributed by atoms with Crippen molar-refractivity contribution < 1.29 is 4.42 Å². The van der Waals surface area contributed by atoms with Crippen molar-refractivity contribution in [1.29, 1.82) is 0 Å². The summed E-state index contributed by atoms with van der Waals surface area (Å²) < 4.78 is 6.99. The lowest BCUT2D eigenvalue weighted by molar-refractivity contribution is 0.669. The number of furan rings is 1. The van der Waals surface area contributed by atoms with Gasteiger partial charge in [-0.05, 0) is 120 Å². The Hall–Kier alpha value is -7.47. The number of anilines is 9. The summed E-state index contributed by atoms with van der Waals surface area (Å²) in [7, 11) is 0. The zero-order valence-electron chi connectivity index (χ0n) is 32.7. The summed E-state index contributed by atoms with van der Waals surface area (Å²) in [6.07, 6.45) is 0. The van der Waals surface area contributed by atoms with E-state index in [1.54, 1.807) is 0 Å². The Morgan fingerprint density at radius 1 is 0.350 bits per heavy atom. The molecule has 0 bridgehead atoms. The van der Waals surface area contributed by atoms with Gasteiger partial charge in [-0.25, -0.2) is 0 Å². The van der Waals surface area contributed by atoms with Gasteiger partial charge in [-0.3, -0.25) is 0 Å². The number of nitrogens with zero attached hydrogens (tertiary/aromatic N) is 3. The first-order valence-corrected chi connectivity index (χ1v) is 21.3. The van der Waals surface area contributed by atoms with Crippen molar-refractivity contribution in [3.8, 4) is 11.1 Å². The Morgan fingerprint density at radius 3 is 1.42 bits per heavy atom. The third kappa shape index (κ3) is 6.46. The van der Waals surface area contributed by atoms with Crippen LogP contribution in [0.5, 0.6) is 0 Å². The predicted octanol–water partition coefficient (Wildman–Crippen LogP) is 16.3. The minimum atomic E-state index is 0.803. The summed E-state index contributed by atoms with van der Waals surface area (Å²) in [5.41, 5.74) is 15.0. The molecule has 1 aliphatic rings. The molecule has 11 rings (SSSR count). The van der Waals surface area contributed by atoms with Crippen molar-refractivity contribution >= 4 is 84.9 Å². The molecular formula is C55H39N3OS. The van der Waals surface area contributed by atoms with Gasteiger partial charge < -0.3 is 19.1 Å². The molecule has 1 aromatic heterocycles. The third-order valence-electron chi connectivity index (χ3n) is 11.3. The molecule has 2 heterocycles. The van der Waals surface area contributed by atoms with Crippen molar-refractivity contribution in [2.24, 2.45) is 0 Å². The minimum Gasteiger partial charge on any atom is -0.456 e. The average Bonchev–Trinajstić information content (AvgIpc) is 3.69. The van der Waals surface area contributed by atoms with Gasteiger partial charge in [-0.1, -0.05) is 115 Å². The number of rotatable bonds is 9. The monoisotopic (exact) mass is 789 g/mol. The van der Waals surface area contributed by atoms with Crippen LogP contribution in [0.3, 0.4) is 0 Å². The normalized spacial score (nSPS) is 11.9. The van der Waals surface area contributed by atoms with E-state index in [2.05, 4.69) is 239 Å². The van der Waals surface area contributed by atoms with E-state index in [4.69, 9.17) is 4.42 Å². The van der Waals surface area contributed by atoms with Gasteiger partial charge in [0.2, 0.25) is 0 Å². The van der Waals surface area contributed by atoms with Crippen LogP contribution in [0.15, 0.2) is 234 Å². The summed E-state index contributed by atoms with van der Waals surface area (Å²) in [6, 6.07) is 79.9. The number of hydrogen-bond acceptors (Lipinski definition) is 5. The standard InChI is InChI=1S/C55H39N3OS/c1-6-19-40(20-7-1)56(41-21-8-2-9-22-41)45-30-32-52-50(35-45)55-51(58(43-25-12-4-13-26-43)44-27-14-5-15-28-44)36-47(37-53(55)59-52)57(42-23-10-3-11-24-42)46-31-33-54-49(34-46)48-29-17-16-18-39(48)38-60-54/h1-37H,38H2. The van der Waals surface area contributed by atoms with E-state index in [1.807, 2.05) is 11.8 Å². The fourth-order valence-corrected chi connectivity index (χ4v) is 9.62. The molecule has 60 heavy (non-hydrogen) atoms. The fourth-order valence-electron chi connectivity index (χ4n) is 8.57. The third-order valence-corrected chi connectivity index (χ3v) is 12.4. The van der Waals surface area contributed by atoms with Crippen molar-refractivity contribution in [3.63, 3.8) is 0 Å². The molecule has 0 atom stereocenters. The van der Waals surface area contributed by atoms with Crippen molar-refractivity contribution in [1.82, 2.24) is 0 Å².